The second kappa shape index (κ2) is 13.7. The van der Waals surface area contributed by atoms with Gasteiger partial charge in [-0.15, -0.1) is 0 Å². The number of rotatable bonds is 10. The third kappa shape index (κ3) is 8.43. The molecule has 6 heteroatoms. The maximum atomic E-state index is 5.87. The minimum Gasteiger partial charge on any atom is -0.381 e. The molecule has 0 bridgehead atoms. The molecule has 3 rings (SSSR count). The highest BCUT2D eigenvalue weighted by Gasteiger charge is 2.24. The van der Waals surface area contributed by atoms with Crippen molar-refractivity contribution in [2.45, 2.75) is 45.1 Å². The Labute approximate surface area is 188 Å². The Kier molecular flexibility index (Phi) is 10.6. The van der Waals surface area contributed by atoms with Crippen LogP contribution in [0.5, 0.6) is 0 Å². The number of likely N-dealkylation sites (tertiary alicyclic amines) is 1. The monoisotopic (exact) mass is 430 g/mol. The summed E-state index contributed by atoms with van der Waals surface area (Å²) >= 11 is 0. The first-order valence-electron chi connectivity index (χ1n) is 12.1. The first-order valence-corrected chi connectivity index (χ1v) is 12.1. The summed E-state index contributed by atoms with van der Waals surface area (Å²) < 4.78 is 11.3. The number of hydrogen-bond acceptors (Lipinski definition) is 4. The molecule has 6 nitrogen and oxygen atoms in total. The molecular formula is C25H42N4O2. The zero-order chi connectivity index (χ0) is 21.7. The van der Waals surface area contributed by atoms with Gasteiger partial charge in [-0.3, -0.25) is 9.89 Å². The Balaban J connectivity index is 1.38. The minimum atomic E-state index is 0.370. The maximum Gasteiger partial charge on any atom is 0.191 e. The van der Waals surface area contributed by atoms with E-state index in [0.717, 1.165) is 70.7 Å². The van der Waals surface area contributed by atoms with Gasteiger partial charge in [-0.1, -0.05) is 37.3 Å². The quantitative estimate of drug-likeness (QED) is 0.338. The van der Waals surface area contributed by atoms with Gasteiger partial charge in [0.15, 0.2) is 5.96 Å². The molecule has 1 atom stereocenters. The molecule has 0 aromatic heterocycles. The number of nitrogens with zero attached hydrogens (tertiary/aromatic N) is 2. The van der Waals surface area contributed by atoms with Gasteiger partial charge in [0.25, 0.3) is 0 Å². The summed E-state index contributed by atoms with van der Waals surface area (Å²) in [6.45, 7) is 9.85. The Morgan fingerprint density at radius 3 is 2.58 bits per heavy atom. The number of benzene rings is 1. The number of guanidine groups is 1. The van der Waals surface area contributed by atoms with Crippen LogP contribution in [0.4, 0.5) is 0 Å². The maximum absolute atomic E-state index is 5.87. The van der Waals surface area contributed by atoms with Crippen molar-refractivity contribution in [3.63, 3.8) is 0 Å². The molecule has 2 heterocycles. The standard InChI is InChI=1S/C25H42N4O2/c1-21-9-14-29(15-10-21)24(23-7-4-3-5-8-23)19-28-25(26-2)27-13-6-16-31-20-22-11-17-30-18-12-22/h3-5,7-8,21-22,24H,6,9-20H2,1-2H3,(H2,26,27,28). The van der Waals surface area contributed by atoms with Crippen molar-refractivity contribution in [2.75, 3.05) is 59.7 Å². The Hall–Kier alpha value is -1.63. The Morgan fingerprint density at radius 2 is 1.87 bits per heavy atom. The smallest absolute Gasteiger partial charge is 0.191 e. The van der Waals surface area contributed by atoms with E-state index < -0.39 is 0 Å². The molecule has 1 aromatic rings. The van der Waals surface area contributed by atoms with E-state index in [1.807, 2.05) is 7.05 Å². The predicted octanol–water partition coefficient (Wildman–Crippen LogP) is 3.46. The van der Waals surface area contributed by atoms with Gasteiger partial charge in [0.2, 0.25) is 0 Å². The molecule has 0 aliphatic carbocycles. The Bertz CT molecular complexity index is 626. The highest BCUT2D eigenvalue weighted by atomic mass is 16.5. The fraction of sp³-hybridized carbons (Fsp3) is 0.720. The van der Waals surface area contributed by atoms with Crippen molar-refractivity contribution >= 4 is 5.96 Å². The van der Waals surface area contributed by atoms with Gasteiger partial charge >= 0.3 is 0 Å². The molecule has 0 spiro atoms. The molecule has 174 valence electrons. The molecule has 1 unspecified atom stereocenters. The molecule has 2 N–H and O–H groups in total. The summed E-state index contributed by atoms with van der Waals surface area (Å²) in [5.74, 6) is 2.38. The van der Waals surface area contributed by atoms with Gasteiger partial charge < -0.3 is 20.1 Å². The number of piperidine rings is 1. The molecular weight excluding hydrogens is 388 g/mol. The fourth-order valence-electron chi connectivity index (χ4n) is 4.43. The van der Waals surface area contributed by atoms with E-state index >= 15 is 0 Å². The molecule has 1 aromatic carbocycles. The largest absolute Gasteiger partial charge is 0.381 e. The minimum absolute atomic E-state index is 0.370. The van der Waals surface area contributed by atoms with Crippen molar-refractivity contribution in [1.29, 1.82) is 0 Å². The third-order valence-corrected chi connectivity index (χ3v) is 6.58. The summed E-state index contributed by atoms with van der Waals surface area (Å²) in [5, 5.41) is 7.01. The van der Waals surface area contributed by atoms with Crippen LogP contribution in [-0.4, -0.2) is 70.5 Å². The summed E-state index contributed by atoms with van der Waals surface area (Å²) in [6, 6.07) is 11.2. The van der Waals surface area contributed by atoms with E-state index in [1.54, 1.807) is 0 Å². The lowest BCUT2D eigenvalue weighted by atomic mass is 9.95. The second-order valence-electron chi connectivity index (χ2n) is 9.01. The van der Waals surface area contributed by atoms with Crippen molar-refractivity contribution in [1.82, 2.24) is 15.5 Å². The molecule has 2 saturated heterocycles. The van der Waals surface area contributed by atoms with E-state index in [4.69, 9.17) is 9.47 Å². The zero-order valence-corrected chi connectivity index (χ0v) is 19.5. The lowest BCUT2D eigenvalue weighted by Crippen LogP contribution is -2.45. The first-order chi connectivity index (χ1) is 15.3. The van der Waals surface area contributed by atoms with E-state index in [-0.39, 0.29) is 0 Å². The van der Waals surface area contributed by atoms with Gasteiger partial charge in [0.05, 0.1) is 6.04 Å². The summed E-state index contributed by atoms with van der Waals surface area (Å²) in [7, 11) is 1.84. The van der Waals surface area contributed by atoms with Crippen LogP contribution in [0.1, 0.15) is 50.6 Å². The molecule has 2 aliphatic rings. The van der Waals surface area contributed by atoms with Crippen LogP contribution in [0.15, 0.2) is 35.3 Å². The molecule has 2 fully saturated rings. The van der Waals surface area contributed by atoms with Crippen LogP contribution in [0.3, 0.4) is 0 Å². The van der Waals surface area contributed by atoms with E-state index in [2.05, 4.69) is 57.8 Å². The summed E-state index contributed by atoms with van der Waals surface area (Å²) in [6.07, 6.45) is 5.81. The van der Waals surface area contributed by atoms with Crippen molar-refractivity contribution in [3.8, 4) is 0 Å². The van der Waals surface area contributed by atoms with Crippen LogP contribution in [0, 0.1) is 11.8 Å². The van der Waals surface area contributed by atoms with Crippen LogP contribution in [0.25, 0.3) is 0 Å². The molecule has 0 amide bonds. The van der Waals surface area contributed by atoms with Crippen molar-refractivity contribution in [3.05, 3.63) is 35.9 Å². The van der Waals surface area contributed by atoms with Crippen LogP contribution in [-0.2, 0) is 9.47 Å². The van der Waals surface area contributed by atoms with E-state index in [1.165, 1.54) is 31.5 Å². The first kappa shape index (κ1) is 24.0. The van der Waals surface area contributed by atoms with E-state index in [0.29, 0.717) is 12.0 Å². The normalized spacial score (nSPS) is 20.5. The fourth-order valence-corrected chi connectivity index (χ4v) is 4.43. The van der Waals surface area contributed by atoms with Crippen LogP contribution >= 0.6 is 0 Å². The van der Waals surface area contributed by atoms with Gasteiger partial charge in [0, 0.05) is 46.6 Å². The number of aliphatic imine (C=N–C) groups is 1. The average Bonchev–Trinajstić information content (AvgIpc) is 2.82. The molecule has 0 radical (unpaired) electrons. The third-order valence-electron chi connectivity index (χ3n) is 6.58. The molecule has 31 heavy (non-hydrogen) atoms. The van der Waals surface area contributed by atoms with Crippen molar-refractivity contribution in [2.24, 2.45) is 16.8 Å². The summed E-state index contributed by atoms with van der Waals surface area (Å²) in [5.41, 5.74) is 1.38. The highest BCUT2D eigenvalue weighted by Crippen LogP contribution is 2.26. The van der Waals surface area contributed by atoms with Gasteiger partial charge in [-0.2, -0.15) is 0 Å². The lowest BCUT2D eigenvalue weighted by Gasteiger charge is -2.37. The predicted molar refractivity (Wildman–Crippen MR) is 127 cm³/mol. The van der Waals surface area contributed by atoms with Gasteiger partial charge in [-0.25, -0.2) is 0 Å². The second-order valence-corrected chi connectivity index (χ2v) is 9.01. The van der Waals surface area contributed by atoms with Gasteiger partial charge in [-0.05, 0) is 62.6 Å². The number of hydrogen-bond donors (Lipinski definition) is 2. The lowest BCUT2D eigenvalue weighted by molar-refractivity contribution is 0.0203. The Morgan fingerprint density at radius 1 is 1.13 bits per heavy atom. The van der Waals surface area contributed by atoms with Gasteiger partial charge in [0.1, 0.15) is 0 Å². The molecule has 2 aliphatic heterocycles. The van der Waals surface area contributed by atoms with Crippen LogP contribution < -0.4 is 10.6 Å². The SMILES string of the molecule is CN=C(NCCCOCC1CCOCC1)NCC(c1ccccc1)N1CCC(C)CC1. The number of nitrogens with one attached hydrogen (secondary N) is 2. The van der Waals surface area contributed by atoms with E-state index in [9.17, 15) is 0 Å². The zero-order valence-electron chi connectivity index (χ0n) is 19.5. The highest BCUT2D eigenvalue weighted by molar-refractivity contribution is 5.79. The molecule has 0 saturated carbocycles. The number of ether oxygens (including phenoxy) is 2. The van der Waals surface area contributed by atoms with Crippen LogP contribution in [0.2, 0.25) is 0 Å². The topological polar surface area (TPSA) is 58.1 Å². The van der Waals surface area contributed by atoms with Crippen molar-refractivity contribution < 1.29 is 9.47 Å². The average molecular weight is 431 g/mol. The summed E-state index contributed by atoms with van der Waals surface area (Å²) in [4.78, 5) is 7.05.